The topological polar surface area (TPSA) is 33.3 Å². The SMILES string of the molecule is COc1ccc(NCCNC2CC2)c(C)c1C. The summed E-state index contributed by atoms with van der Waals surface area (Å²) in [7, 11) is 1.72. The second-order valence-electron chi connectivity index (χ2n) is 4.72. The predicted octanol–water partition coefficient (Wildman–Crippen LogP) is 2.48. The molecule has 3 nitrogen and oxygen atoms in total. The van der Waals surface area contributed by atoms with E-state index in [1.54, 1.807) is 7.11 Å². The smallest absolute Gasteiger partial charge is 0.122 e. The first-order chi connectivity index (χ1) is 8.22. The first-order valence-corrected chi connectivity index (χ1v) is 6.34. The van der Waals surface area contributed by atoms with Gasteiger partial charge >= 0.3 is 0 Å². The van der Waals surface area contributed by atoms with Gasteiger partial charge in [0, 0.05) is 24.8 Å². The summed E-state index contributed by atoms with van der Waals surface area (Å²) in [4.78, 5) is 0. The van der Waals surface area contributed by atoms with Crippen LogP contribution in [0, 0.1) is 13.8 Å². The Labute approximate surface area is 104 Å². The molecule has 0 unspecified atom stereocenters. The van der Waals surface area contributed by atoms with E-state index in [1.165, 1.54) is 29.7 Å². The highest BCUT2D eigenvalue weighted by Crippen LogP contribution is 2.27. The molecule has 0 atom stereocenters. The number of methoxy groups -OCH3 is 1. The summed E-state index contributed by atoms with van der Waals surface area (Å²) in [5, 5.41) is 6.97. The zero-order chi connectivity index (χ0) is 12.3. The molecule has 0 radical (unpaired) electrons. The number of rotatable bonds is 6. The van der Waals surface area contributed by atoms with Crippen molar-refractivity contribution in [2.45, 2.75) is 32.7 Å². The molecule has 0 bridgehead atoms. The molecule has 1 aromatic carbocycles. The average molecular weight is 234 g/mol. The molecule has 1 aliphatic rings. The van der Waals surface area contributed by atoms with Crippen LogP contribution >= 0.6 is 0 Å². The second kappa shape index (κ2) is 5.41. The van der Waals surface area contributed by atoms with Crippen molar-refractivity contribution in [3.63, 3.8) is 0 Å². The average Bonchev–Trinajstić information content (AvgIpc) is 3.14. The van der Waals surface area contributed by atoms with E-state index in [0.717, 1.165) is 24.9 Å². The summed E-state index contributed by atoms with van der Waals surface area (Å²) < 4.78 is 5.31. The maximum Gasteiger partial charge on any atom is 0.122 e. The van der Waals surface area contributed by atoms with E-state index in [4.69, 9.17) is 4.74 Å². The maximum absolute atomic E-state index is 5.31. The van der Waals surface area contributed by atoms with Crippen molar-refractivity contribution >= 4 is 5.69 Å². The van der Waals surface area contributed by atoms with E-state index in [1.807, 2.05) is 6.07 Å². The summed E-state index contributed by atoms with van der Waals surface area (Å²) in [6.07, 6.45) is 2.70. The Morgan fingerprint density at radius 3 is 2.59 bits per heavy atom. The van der Waals surface area contributed by atoms with Crippen LogP contribution in [0.3, 0.4) is 0 Å². The molecule has 1 aromatic rings. The number of ether oxygens (including phenoxy) is 1. The van der Waals surface area contributed by atoms with Gasteiger partial charge in [-0.05, 0) is 49.9 Å². The van der Waals surface area contributed by atoms with Gasteiger partial charge in [-0.1, -0.05) is 0 Å². The molecule has 3 heteroatoms. The molecule has 1 fully saturated rings. The Kier molecular flexibility index (Phi) is 3.89. The molecule has 1 saturated carbocycles. The molecule has 1 aliphatic carbocycles. The van der Waals surface area contributed by atoms with E-state index in [0.29, 0.717) is 0 Å². The van der Waals surface area contributed by atoms with Crippen molar-refractivity contribution in [3.05, 3.63) is 23.3 Å². The fraction of sp³-hybridized carbons (Fsp3) is 0.571. The summed E-state index contributed by atoms with van der Waals surface area (Å²) in [5.74, 6) is 0.962. The Hall–Kier alpha value is -1.22. The van der Waals surface area contributed by atoms with Gasteiger partial charge in [-0.25, -0.2) is 0 Å². The van der Waals surface area contributed by atoms with Crippen LogP contribution in [-0.2, 0) is 0 Å². The molecule has 17 heavy (non-hydrogen) atoms. The second-order valence-corrected chi connectivity index (χ2v) is 4.72. The number of hydrogen-bond donors (Lipinski definition) is 2. The fourth-order valence-electron chi connectivity index (χ4n) is 1.97. The molecular weight excluding hydrogens is 212 g/mol. The third-order valence-electron chi connectivity index (χ3n) is 3.41. The fourth-order valence-corrected chi connectivity index (χ4v) is 1.97. The Bertz CT molecular complexity index is 386. The largest absolute Gasteiger partial charge is 0.496 e. The Balaban J connectivity index is 1.88. The highest BCUT2D eigenvalue weighted by atomic mass is 16.5. The highest BCUT2D eigenvalue weighted by molar-refractivity contribution is 5.58. The van der Waals surface area contributed by atoms with E-state index < -0.39 is 0 Å². The van der Waals surface area contributed by atoms with Crippen LogP contribution in [-0.4, -0.2) is 26.2 Å². The van der Waals surface area contributed by atoms with Crippen LogP contribution in [0.2, 0.25) is 0 Å². The number of anilines is 1. The first-order valence-electron chi connectivity index (χ1n) is 6.34. The lowest BCUT2D eigenvalue weighted by Gasteiger charge is -2.14. The monoisotopic (exact) mass is 234 g/mol. The summed E-state index contributed by atoms with van der Waals surface area (Å²) in [5.41, 5.74) is 3.70. The molecule has 2 rings (SSSR count). The van der Waals surface area contributed by atoms with Gasteiger partial charge in [0.15, 0.2) is 0 Å². The summed E-state index contributed by atoms with van der Waals surface area (Å²) in [6.45, 7) is 6.24. The predicted molar refractivity (Wildman–Crippen MR) is 72.0 cm³/mol. The van der Waals surface area contributed by atoms with Crippen LogP contribution < -0.4 is 15.4 Å². The van der Waals surface area contributed by atoms with Crippen LogP contribution in [0.1, 0.15) is 24.0 Å². The molecule has 94 valence electrons. The number of hydrogen-bond acceptors (Lipinski definition) is 3. The summed E-state index contributed by atoms with van der Waals surface area (Å²) in [6, 6.07) is 4.91. The van der Waals surface area contributed by atoms with Gasteiger partial charge in [-0.2, -0.15) is 0 Å². The van der Waals surface area contributed by atoms with E-state index in [-0.39, 0.29) is 0 Å². The maximum atomic E-state index is 5.31. The molecule has 0 spiro atoms. The minimum absolute atomic E-state index is 0.788. The van der Waals surface area contributed by atoms with Gasteiger partial charge in [0.1, 0.15) is 5.75 Å². The van der Waals surface area contributed by atoms with Crippen molar-refractivity contribution in [3.8, 4) is 5.75 Å². The van der Waals surface area contributed by atoms with Gasteiger partial charge in [0.05, 0.1) is 7.11 Å². The van der Waals surface area contributed by atoms with Gasteiger partial charge < -0.3 is 15.4 Å². The minimum Gasteiger partial charge on any atom is -0.496 e. The zero-order valence-corrected chi connectivity index (χ0v) is 11.0. The van der Waals surface area contributed by atoms with Crippen molar-refractivity contribution in [1.82, 2.24) is 5.32 Å². The van der Waals surface area contributed by atoms with Crippen molar-refractivity contribution < 1.29 is 4.74 Å². The first kappa shape index (κ1) is 12.2. The van der Waals surface area contributed by atoms with Crippen LogP contribution in [0.15, 0.2) is 12.1 Å². The summed E-state index contributed by atoms with van der Waals surface area (Å²) >= 11 is 0. The zero-order valence-electron chi connectivity index (χ0n) is 11.0. The molecule has 0 amide bonds. The number of benzene rings is 1. The Morgan fingerprint density at radius 1 is 1.18 bits per heavy atom. The van der Waals surface area contributed by atoms with Gasteiger partial charge in [0.25, 0.3) is 0 Å². The third-order valence-corrected chi connectivity index (χ3v) is 3.41. The van der Waals surface area contributed by atoms with Gasteiger partial charge in [-0.3, -0.25) is 0 Å². The van der Waals surface area contributed by atoms with Crippen LogP contribution in [0.4, 0.5) is 5.69 Å². The van der Waals surface area contributed by atoms with Crippen molar-refractivity contribution in [2.75, 3.05) is 25.5 Å². The molecule has 0 aromatic heterocycles. The van der Waals surface area contributed by atoms with Gasteiger partial charge in [-0.15, -0.1) is 0 Å². The van der Waals surface area contributed by atoms with Crippen LogP contribution in [0.5, 0.6) is 5.75 Å². The number of nitrogens with one attached hydrogen (secondary N) is 2. The lowest BCUT2D eigenvalue weighted by atomic mass is 10.1. The van der Waals surface area contributed by atoms with E-state index in [9.17, 15) is 0 Å². The molecular formula is C14H22N2O. The lowest BCUT2D eigenvalue weighted by Crippen LogP contribution is -2.24. The quantitative estimate of drug-likeness (QED) is 0.742. The standard InChI is InChI=1S/C14H22N2O/c1-10-11(2)14(17-3)7-6-13(10)16-9-8-15-12-4-5-12/h6-7,12,15-16H,4-5,8-9H2,1-3H3. The molecule has 0 heterocycles. The van der Waals surface area contributed by atoms with E-state index >= 15 is 0 Å². The lowest BCUT2D eigenvalue weighted by molar-refractivity contribution is 0.411. The van der Waals surface area contributed by atoms with Crippen molar-refractivity contribution in [2.24, 2.45) is 0 Å². The van der Waals surface area contributed by atoms with Crippen molar-refractivity contribution in [1.29, 1.82) is 0 Å². The Morgan fingerprint density at radius 2 is 1.94 bits per heavy atom. The van der Waals surface area contributed by atoms with E-state index in [2.05, 4.69) is 30.5 Å². The molecule has 2 N–H and O–H groups in total. The van der Waals surface area contributed by atoms with Crippen LogP contribution in [0.25, 0.3) is 0 Å². The normalized spacial score (nSPS) is 14.8. The highest BCUT2D eigenvalue weighted by Gasteiger charge is 2.19. The molecule has 0 aliphatic heterocycles. The molecule has 0 saturated heterocycles. The van der Waals surface area contributed by atoms with Gasteiger partial charge in [0.2, 0.25) is 0 Å². The minimum atomic E-state index is 0.788. The third kappa shape index (κ3) is 3.13.